The summed E-state index contributed by atoms with van der Waals surface area (Å²) >= 11 is 0. The quantitative estimate of drug-likeness (QED) is 0.474. The van der Waals surface area contributed by atoms with Crippen LogP contribution in [0.15, 0.2) is 0 Å². The molecule has 1 unspecified atom stereocenters. The predicted octanol–water partition coefficient (Wildman–Crippen LogP) is 4.28. The molecule has 1 aliphatic heterocycles. The smallest absolute Gasteiger partial charge is 0.158 e. The van der Waals surface area contributed by atoms with Crippen molar-refractivity contribution >= 4 is 0 Å². The van der Waals surface area contributed by atoms with E-state index < -0.39 is 0 Å². The molecule has 0 bridgehead atoms. The molecule has 0 aromatic carbocycles. The third-order valence-electron chi connectivity index (χ3n) is 3.26. The van der Waals surface area contributed by atoms with Gasteiger partial charge in [0.25, 0.3) is 0 Å². The van der Waals surface area contributed by atoms with E-state index in [2.05, 4.69) is 18.8 Å². The summed E-state index contributed by atoms with van der Waals surface area (Å²) in [6, 6.07) is 0. The van der Waals surface area contributed by atoms with Crippen molar-refractivity contribution in [1.82, 2.24) is 0 Å². The third-order valence-corrected chi connectivity index (χ3v) is 3.26. The Balaban J connectivity index is 1.85. The maximum absolute atomic E-state index is 5.55. The maximum atomic E-state index is 5.55. The minimum absolute atomic E-state index is 0.00194. The molecule has 0 radical (unpaired) electrons. The van der Waals surface area contributed by atoms with E-state index in [4.69, 9.17) is 9.47 Å². The summed E-state index contributed by atoms with van der Waals surface area (Å²) in [6.45, 7) is 3.62. The first-order valence-electron chi connectivity index (χ1n) is 7.62. The molecule has 18 heavy (non-hydrogen) atoms. The summed E-state index contributed by atoms with van der Waals surface area (Å²) in [7, 11) is 0. The monoisotopic (exact) mass is 252 g/mol. The Hall–Kier alpha value is -0.520. The second kappa shape index (κ2) is 11.6. The lowest BCUT2D eigenvalue weighted by Gasteiger charge is -2.21. The van der Waals surface area contributed by atoms with Crippen LogP contribution in [0.2, 0.25) is 0 Å². The van der Waals surface area contributed by atoms with Crippen LogP contribution < -0.4 is 0 Å². The SMILES string of the molecule is CCCCCCCCC#CCOC1CCCCO1. The highest BCUT2D eigenvalue weighted by Crippen LogP contribution is 2.13. The zero-order valence-electron chi connectivity index (χ0n) is 11.9. The van der Waals surface area contributed by atoms with Gasteiger partial charge >= 0.3 is 0 Å². The van der Waals surface area contributed by atoms with Crippen molar-refractivity contribution in [2.45, 2.75) is 77.4 Å². The lowest BCUT2D eigenvalue weighted by Crippen LogP contribution is -2.22. The molecule has 1 aliphatic rings. The van der Waals surface area contributed by atoms with Crippen molar-refractivity contribution in [3.63, 3.8) is 0 Å². The maximum Gasteiger partial charge on any atom is 0.158 e. The second-order valence-electron chi connectivity index (χ2n) is 4.98. The lowest BCUT2D eigenvalue weighted by molar-refractivity contribution is -0.154. The molecule has 1 heterocycles. The third kappa shape index (κ3) is 8.55. The largest absolute Gasteiger partial charge is 0.353 e. The second-order valence-corrected chi connectivity index (χ2v) is 4.98. The molecule has 1 atom stereocenters. The Morgan fingerprint density at radius 1 is 1.06 bits per heavy atom. The van der Waals surface area contributed by atoms with Crippen LogP contribution in [-0.4, -0.2) is 19.5 Å². The van der Waals surface area contributed by atoms with Crippen molar-refractivity contribution < 1.29 is 9.47 Å². The number of unbranched alkanes of at least 4 members (excludes halogenated alkanes) is 6. The molecular weight excluding hydrogens is 224 g/mol. The van der Waals surface area contributed by atoms with Gasteiger partial charge in [0.15, 0.2) is 6.29 Å². The first-order chi connectivity index (χ1) is 8.93. The molecule has 2 heteroatoms. The highest BCUT2D eigenvalue weighted by atomic mass is 16.7. The summed E-state index contributed by atoms with van der Waals surface area (Å²) in [4.78, 5) is 0. The molecular formula is C16H28O2. The van der Waals surface area contributed by atoms with Crippen molar-refractivity contribution in [2.75, 3.05) is 13.2 Å². The van der Waals surface area contributed by atoms with Crippen LogP contribution in [0.1, 0.15) is 71.1 Å². The Morgan fingerprint density at radius 3 is 2.67 bits per heavy atom. The fourth-order valence-electron chi connectivity index (χ4n) is 2.11. The molecule has 0 aliphatic carbocycles. The van der Waals surface area contributed by atoms with Crippen LogP contribution in [0.4, 0.5) is 0 Å². The summed E-state index contributed by atoms with van der Waals surface area (Å²) in [5.41, 5.74) is 0. The van der Waals surface area contributed by atoms with E-state index in [1.165, 1.54) is 51.4 Å². The van der Waals surface area contributed by atoms with Gasteiger partial charge in [0.05, 0.1) is 0 Å². The zero-order chi connectivity index (χ0) is 12.9. The number of hydrogen-bond acceptors (Lipinski definition) is 2. The molecule has 0 aromatic heterocycles. The van der Waals surface area contributed by atoms with E-state index in [1.54, 1.807) is 0 Å². The summed E-state index contributed by atoms with van der Waals surface area (Å²) < 4.78 is 11.0. The van der Waals surface area contributed by atoms with Crippen LogP contribution in [0.25, 0.3) is 0 Å². The van der Waals surface area contributed by atoms with Crippen LogP contribution in [0.5, 0.6) is 0 Å². The average Bonchev–Trinajstić information content (AvgIpc) is 2.42. The average molecular weight is 252 g/mol. The van der Waals surface area contributed by atoms with Gasteiger partial charge in [-0.15, -0.1) is 5.92 Å². The molecule has 2 nitrogen and oxygen atoms in total. The van der Waals surface area contributed by atoms with Gasteiger partial charge in [0, 0.05) is 13.0 Å². The van der Waals surface area contributed by atoms with Gasteiger partial charge in [0.1, 0.15) is 6.61 Å². The van der Waals surface area contributed by atoms with Gasteiger partial charge < -0.3 is 9.47 Å². The molecule has 104 valence electrons. The van der Waals surface area contributed by atoms with Gasteiger partial charge in [-0.3, -0.25) is 0 Å². The zero-order valence-corrected chi connectivity index (χ0v) is 11.9. The minimum Gasteiger partial charge on any atom is -0.353 e. The van der Waals surface area contributed by atoms with Crippen LogP contribution >= 0.6 is 0 Å². The van der Waals surface area contributed by atoms with Crippen molar-refractivity contribution in [1.29, 1.82) is 0 Å². The van der Waals surface area contributed by atoms with Gasteiger partial charge in [-0.05, 0) is 25.7 Å². The fourth-order valence-corrected chi connectivity index (χ4v) is 2.11. The Labute approximate surface area is 112 Å². The first-order valence-corrected chi connectivity index (χ1v) is 7.62. The summed E-state index contributed by atoms with van der Waals surface area (Å²) in [6.07, 6.45) is 12.4. The molecule has 0 spiro atoms. The van der Waals surface area contributed by atoms with Gasteiger partial charge in [0.2, 0.25) is 0 Å². The van der Waals surface area contributed by atoms with Crippen LogP contribution in [0.3, 0.4) is 0 Å². The normalized spacial score (nSPS) is 19.3. The van der Waals surface area contributed by atoms with E-state index in [-0.39, 0.29) is 6.29 Å². The van der Waals surface area contributed by atoms with E-state index in [1.807, 2.05) is 0 Å². The number of hydrogen-bond donors (Lipinski definition) is 0. The Morgan fingerprint density at radius 2 is 1.89 bits per heavy atom. The topological polar surface area (TPSA) is 18.5 Å². The van der Waals surface area contributed by atoms with Gasteiger partial charge in [-0.1, -0.05) is 44.9 Å². The van der Waals surface area contributed by atoms with Gasteiger partial charge in [-0.2, -0.15) is 0 Å². The molecule has 0 saturated carbocycles. The highest BCUT2D eigenvalue weighted by molar-refractivity contribution is 4.98. The first kappa shape index (κ1) is 15.5. The standard InChI is InChI=1S/C16H28O2/c1-2-3-4-5-6-7-8-9-11-14-17-16-13-10-12-15-18-16/h16H,2-8,10,12-15H2,1H3. The Kier molecular flexibility index (Phi) is 9.98. The van der Waals surface area contributed by atoms with Crippen molar-refractivity contribution in [3.8, 4) is 11.8 Å². The molecule has 0 N–H and O–H groups in total. The van der Waals surface area contributed by atoms with E-state index in [0.717, 1.165) is 19.4 Å². The fraction of sp³-hybridized carbons (Fsp3) is 0.875. The molecule has 1 rings (SSSR count). The van der Waals surface area contributed by atoms with E-state index >= 15 is 0 Å². The van der Waals surface area contributed by atoms with Crippen LogP contribution in [-0.2, 0) is 9.47 Å². The molecule has 0 amide bonds. The minimum atomic E-state index is 0.00194. The molecule has 1 saturated heterocycles. The number of ether oxygens (including phenoxy) is 2. The van der Waals surface area contributed by atoms with Gasteiger partial charge in [-0.25, -0.2) is 0 Å². The van der Waals surface area contributed by atoms with Crippen molar-refractivity contribution in [3.05, 3.63) is 0 Å². The molecule has 1 fully saturated rings. The number of rotatable bonds is 8. The van der Waals surface area contributed by atoms with E-state index in [0.29, 0.717) is 6.61 Å². The molecule has 0 aromatic rings. The lowest BCUT2D eigenvalue weighted by atomic mass is 10.1. The summed E-state index contributed by atoms with van der Waals surface area (Å²) in [5.74, 6) is 6.27. The Bertz CT molecular complexity index is 233. The summed E-state index contributed by atoms with van der Waals surface area (Å²) in [5, 5.41) is 0. The van der Waals surface area contributed by atoms with Crippen LogP contribution in [0, 0.1) is 11.8 Å². The predicted molar refractivity (Wildman–Crippen MR) is 75.3 cm³/mol. The highest BCUT2D eigenvalue weighted by Gasteiger charge is 2.12. The van der Waals surface area contributed by atoms with Crippen molar-refractivity contribution in [2.24, 2.45) is 0 Å². The van der Waals surface area contributed by atoms with E-state index in [9.17, 15) is 0 Å².